The quantitative estimate of drug-likeness (QED) is 0.717. The molecule has 4 heteroatoms. The predicted octanol–water partition coefficient (Wildman–Crippen LogP) is 0.910. The van der Waals surface area contributed by atoms with Crippen LogP contribution >= 0.6 is 0 Å². The highest BCUT2D eigenvalue weighted by Gasteiger charge is 2.51. The van der Waals surface area contributed by atoms with Gasteiger partial charge < -0.3 is 10.0 Å². The molecule has 0 radical (unpaired) electrons. The fourth-order valence-electron chi connectivity index (χ4n) is 2.89. The van der Waals surface area contributed by atoms with Crippen LogP contribution in [0.5, 0.6) is 0 Å². The standard InChI is InChI=1S/C12H18N2O2/c1-9-5-12(6-9,8-13)11(16)14-4-2-3-10(15)7-14/h9-10,15H,2-7H2,1H3/t9?,10-,12?/m0/s1. The monoisotopic (exact) mass is 222 g/mol. The number of hydrogen-bond acceptors (Lipinski definition) is 3. The third-order valence-electron chi connectivity index (χ3n) is 3.70. The van der Waals surface area contributed by atoms with Crippen LogP contribution in [-0.4, -0.2) is 35.1 Å². The second kappa shape index (κ2) is 4.06. The summed E-state index contributed by atoms with van der Waals surface area (Å²) in [5.41, 5.74) is -0.781. The molecule has 0 bridgehead atoms. The number of hydrogen-bond donors (Lipinski definition) is 1. The van der Waals surface area contributed by atoms with E-state index in [1.165, 1.54) is 0 Å². The Bertz CT molecular complexity index is 328. The highest BCUT2D eigenvalue weighted by atomic mass is 16.3. The molecule has 2 rings (SSSR count). The molecule has 1 aliphatic carbocycles. The third kappa shape index (κ3) is 1.80. The van der Waals surface area contributed by atoms with Gasteiger partial charge in [0.25, 0.3) is 0 Å². The third-order valence-corrected chi connectivity index (χ3v) is 3.70. The Balaban J connectivity index is 2.04. The highest BCUT2D eigenvalue weighted by molar-refractivity contribution is 5.86. The van der Waals surface area contributed by atoms with E-state index in [1.54, 1.807) is 4.90 Å². The molecule has 0 unspecified atom stereocenters. The molecule has 1 amide bonds. The second-order valence-corrected chi connectivity index (χ2v) is 5.25. The number of β-amino-alcohol motifs (C(OH)–C–C–N with tert-alkyl or cyclic N) is 1. The Morgan fingerprint density at radius 1 is 1.56 bits per heavy atom. The Kier molecular flexibility index (Phi) is 2.90. The van der Waals surface area contributed by atoms with Crippen molar-refractivity contribution in [3.05, 3.63) is 0 Å². The molecule has 0 spiro atoms. The molecule has 1 atom stereocenters. The SMILES string of the molecule is CC1CC(C#N)(C(=O)N2CCC[C@H](O)C2)C1. The van der Waals surface area contributed by atoms with Crippen molar-refractivity contribution in [3.63, 3.8) is 0 Å². The predicted molar refractivity (Wildman–Crippen MR) is 58.3 cm³/mol. The van der Waals surface area contributed by atoms with Crippen LogP contribution in [0.2, 0.25) is 0 Å². The summed E-state index contributed by atoms with van der Waals surface area (Å²) < 4.78 is 0. The Hall–Kier alpha value is -1.08. The molecule has 1 aliphatic heterocycles. The van der Waals surface area contributed by atoms with E-state index in [0.29, 0.717) is 31.8 Å². The normalized spacial score (nSPS) is 38.7. The molecule has 0 aromatic heterocycles. The van der Waals surface area contributed by atoms with Gasteiger partial charge in [-0.2, -0.15) is 5.26 Å². The fraction of sp³-hybridized carbons (Fsp3) is 0.833. The lowest BCUT2D eigenvalue weighted by Crippen LogP contribution is -2.53. The Morgan fingerprint density at radius 3 is 2.75 bits per heavy atom. The van der Waals surface area contributed by atoms with E-state index in [4.69, 9.17) is 5.26 Å². The molecule has 1 N–H and O–H groups in total. The van der Waals surface area contributed by atoms with Crippen molar-refractivity contribution in [2.45, 2.75) is 38.7 Å². The zero-order chi connectivity index (χ0) is 11.8. The van der Waals surface area contributed by atoms with Crippen LogP contribution in [0.3, 0.4) is 0 Å². The Labute approximate surface area is 95.9 Å². The molecule has 4 nitrogen and oxygen atoms in total. The van der Waals surface area contributed by atoms with Crippen LogP contribution in [0, 0.1) is 22.7 Å². The van der Waals surface area contributed by atoms with Gasteiger partial charge in [-0.3, -0.25) is 4.79 Å². The van der Waals surface area contributed by atoms with Crippen LogP contribution in [0.25, 0.3) is 0 Å². The van der Waals surface area contributed by atoms with E-state index in [2.05, 4.69) is 13.0 Å². The van der Waals surface area contributed by atoms with Crippen molar-refractivity contribution in [2.24, 2.45) is 11.3 Å². The van der Waals surface area contributed by atoms with Crippen LogP contribution in [0.1, 0.15) is 32.6 Å². The molecule has 0 aromatic carbocycles. The van der Waals surface area contributed by atoms with Crippen molar-refractivity contribution in [1.82, 2.24) is 4.90 Å². The summed E-state index contributed by atoms with van der Waals surface area (Å²) in [6.45, 7) is 3.15. The summed E-state index contributed by atoms with van der Waals surface area (Å²) in [4.78, 5) is 13.9. The first-order chi connectivity index (χ1) is 7.57. The van der Waals surface area contributed by atoms with Crippen LogP contribution < -0.4 is 0 Å². The van der Waals surface area contributed by atoms with Gasteiger partial charge in [0.05, 0.1) is 12.2 Å². The molecule has 0 aromatic rings. The maximum atomic E-state index is 12.2. The molecule has 88 valence electrons. The number of likely N-dealkylation sites (tertiary alicyclic amines) is 1. The fourth-order valence-corrected chi connectivity index (χ4v) is 2.89. The molecule has 1 heterocycles. The van der Waals surface area contributed by atoms with E-state index in [0.717, 1.165) is 12.8 Å². The summed E-state index contributed by atoms with van der Waals surface area (Å²) in [5, 5.41) is 18.7. The number of nitrogens with zero attached hydrogens (tertiary/aromatic N) is 2. The van der Waals surface area contributed by atoms with Gasteiger partial charge in [-0.05, 0) is 31.6 Å². The van der Waals surface area contributed by atoms with Gasteiger partial charge >= 0.3 is 0 Å². The Morgan fingerprint density at radius 2 is 2.25 bits per heavy atom. The van der Waals surface area contributed by atoms with Crippen molar-refractivity contribution in [1.29, 1.82) is 5.26 Å². The molecule has 16 heavy (non-hydrogen) atoms. The maximum Gasteiger partial charge on any atom is 0.243 e. The van der Waals surface area contributed by atoms with Gasteiger partial charge in [-0.15, -0.1) is 0 Å². The van der Waals surface area contributed by atoms with E-state index in [9.17, 15) is 9.90 Å². The molecule has 1 saturated carbocycles. The zero-order valence-corrected chi connectivity index (χ0v) is 9.65. The van der Waals surface area contributed by atoms with Gasteiger partial charge in [0.2, 0.25) is 5.91 Å². The summed E-state index contributed by atoms with van der Waals surface area (Å²) in [6.07, 6.45) is 2.54. The summed E-state index contributed by atoms with van der Waals surface area (Å²) in [5.74, 6) is 0.408. The minimum atomic E-state index is -0.781. The maximum absolute atomic E-state index is 12.2. The number of aliphatic hydroxyl groups excluding tert-OH is 1. The topological polar surface area (TPSA) is 64.3 Å². The minimum absolute atomic E-state index is 0.0631. The lowest BCUT2D eigenvalue weighted by atomic mass is 9.62. The van der Waals surface area contributed by atoms with Crippen molar-refractivity contribution >= 4 is 5.91 Å². The van der Waals surface area contributed by atoms with Gasteiger partial charge in [-0.25, -0.2) is 0 Å². The van der Waals surface area contributed by atoms with Crippen molar-refractivity contribution < 1.29 is 9.90 Å². The number of carbonyl (C=O) groups excluding carboxylic acids is 1. The molecule has 2 aliphatic rings. The average Bonchev–Trinajstić information content (AvgIpc) is 2.23. The number of piperidine rings is 1. The van der Waals surface area contributed by atoms with E-state index >= 15 is 0 Å². The lowest BCUT2D eigenvalue weighted by molar-refractivity contribution is -0.148. The van der Waals surface area contributed by atoms with Gasteiger partial charge in [0.15, 0.2) is 0 Å². The smallest absolute Gasteiger partial charge is 0.243 e. The van der Waals surface area contributed by atoms with Crippen molar-refractivity contribution in [2.75, 3.05) is 13.1 Å². The zero-order valence-electron chi connectivity index (χ0n) is 9.65. The van der Waals surface area contributed by atoms with E-state index < -0.39 is 11.5 Å². The summed E-state index contributed by atoms with van der Waals surface area (Å²) in [7, 11) is 0. The summed E-state index contributed by atoms with van der Waals surface area (Å²) >= 11 is 0. The molecule has 2 fully saturated rings. The second-order valence-electron chi connectivity index (χ2n) is 5.25. The van der Waals surface area contributed by atoms with Gasteiger partial charge in [-0.1, -0.05) is 6.92 Å². The van der Waals surface area contributed by atoms with Crippen LogP contribution in [0.15, 0.2) is 0 Å². The van der Waals surface area contributed by atoms with Crippen LogP contribution in [-0.2, 0) is 4.79 Å². The number of rotatable bonds is 1. The average molecular weight is 222 g/mol. The largest absolute Gasteiger partial charge is 0.391 e. The molecule has 1 saturated heterocycles. The number of carbonyl (C=O) groups is 1. The van der Waals surface area contributed by atoms with E-state index in [1.807, 2.05) is 0 Å². The first-order valence-electron chi connectivity index (χ1n) is 5.96. The first-order valence-corrected chi connectivity index (χ1v) is 5.96. The molecular weight excluding hydrogens is 204 g/mol. The number of aliphatic hydroxyl groups is 1. The van der Waals surface area contributed by atoms with Gasteiger partial charge in [0.1, 0.15) is 5.41 Å². The van der Waals surface area contributed by atoms with Crippen LogP contribution in [0.4, 0.5) is 0 Å². The number of amides is 1. The lowest BCUT2D eigenvalue weighted by Gasteiger charge is -2.43. The minimum Gasteiger partial charge on any atom is -0.391 e. The molecular formula is C12H18N2O2. The highest BCUT2D eigenvalue weighted by Crippen LogP contribution is 2.46. The number of nitriles is 1. The van der Waals surface area contributed by atoms with E-state index in [-0.39, 0.29) is 5.91 Å². The van der Waals surface area contributed by atoms with Gasteiger partial charge in [0, 0.05) is 13.1 Å². The van der Waals surface area contributed by atoms with Crippen molar-refractivity contribution in [3.8, 4) is 6.07 Å². The summed E-state index contributed by atoms with van der Waals surface area (Å²) in [6, 6.07) is 2.18. The first kappa shape index (κ1) is 11.4.